The molecule has 0 amide bonds. The molecule has 1 N–H and O–H groups in total. The molecule has 7 heteroatoms. The van der Waals surface area contributed by atoms with Crippen LogP contribution in [0, 0.1) is 0 Å². The Bertz CT molecular complexity index is 849. The lowest BCUT2D eigenvalue weighted by atomic mass is 10.0. The van der Waals surface area contributed by atoms with Crippen molar-refractivity contribution in [2.24, 2.45) is 0 Å². The van der Waals surface area contributed by atoms with Crippen molar-refractivity contribution in [3.05, 3.63) is 46.0 Å². The van der Waals surface area contributed by atoms with Crippen LogP contribution in [0.3, 0.4) is 0 Å². The fraction of sp³-hybridized carbons (Fsp3) is 0.625. The van der Waals surface area contributed by atoms with Crippen LogP contribution >= 0.6 is 0 Å². The number of aromatic nitrogens is 4. The van der Waals surface area contributed by atoms with Gasteiger partial charge in [-0.15, -0.1) is 5.10 Å². The van der Waals surface area contributed by atoms with Crippen molar-refractivity contribution < 1.29 is 0 Å². The Hall–Kier alpha value is -1.58. The van der Waals surface area contributed by atoms with Gasteiger partial charge in [-0.1, -0.05) is 87.8 Å². The van der Waals surface area contributed by atoms with Crippen LogP contribution in [0.4, 0.5) is 0 Å². The zero-order valence-corrected chi connectivity index (χ0v) is 23.4. The third-order valence-corrected chi connectivity index (χ3v) is 13.5. The summed E-state index contributed by atoms with van der Waals surface area (Å²) in [7, 11) is -2.71. The van der Waals surface area contributed by atoms with E-state index in [2.05, 4.69) is 118 Å². The molecule has 0 aliphatic carbocycles. The van der Waals surface area contributed by atoms with Gasteiger partial charge in [0.25, 0.3) is 0 Å². The van der Waals surface area contributed by atoms with Crippen molar-refractivity contribution in [1.29, 1.82) is 0 Å². The Balaban J connectivity index is 2.43. The van der Waals surface area contributed by atoms with Crippen LogP contribution in [0.15, 0.2) is 29.1 Å². The molecule has 1 unspecified atom stereocenters. The predicted octanol–water partition coefficient (Wildman–Crippen LogP) is 6.05. The number of nitrogens with zero attached hydrogens (tertiary/aromatic N) is 4. The molecule has 0 saturated heterocycles. The third-order valence-electron chi connectivity index (χ3n) is 5.46. The molecule has 0 bridgehead atoms. The van der Waals surface area contributed by atoms with Crippen LogP contribution in [0.25, 0.3) is 6.08 Å². The van der Waals surface area contributed by atoms with Gasteiger partial charge in [-0.2, -0.15) is 0 Å². The maximum Gasteiger partial charge on any atom is 0.173 e. The summed E-state index contributed by atoms with van der Waals surface area (Å²) >= 11 is 0. The van der Waals surface area contributed by atoms with E-state index in [4.69, 9.17) is 0 Å². The van der Waals surface area contributed by atoms with E-state index in [9.17, 15) is 0 Å². The molecule has 0 aliphatic rings. The number of hydrogen-bond donors (Lipinski definition) is 1. The highest BCUT2D eigenvalue weighted by Gasteiger charge is 2.31. The molecule has 0 spiro atoms. The Kier molecular flexibility index (Phi) is 8.22. The highest BCUT2D eigenvalue weighted by Crippen LogP contribution is 2.29. The zero-order chi connectivity index (χ0) is 23.4. The average Bonchev–Trinajstić information content (AvgIpc) is 3.12. The van der Waals surface area contributed by atoms with Gasteiger partial charge in [0.05, 0.1) is 27.7 Å². The Morgan fingerprint density at radius 1 is 1.03 bits per heavy atom. The van der Waals surface area contributed by atoms with Crippen molar-refractivity contribution in [2.75, 3.05) is 6.54 Å². The second-order valence-electron chi connectivity index (χ2n) is 11.6. The number of nitrogens with one attached hydrogen (secondary N) is 1. The summed E-state index contributed by atoms with van der Waals surface area (Å²) in [5, 5.41) is 16.4. The lowest BCUT2D eigenvalue weighted by molar-refractivity contribution is 0.325. The average molecular weight is 458 g/mol. The SMILES string of the molecule is CCCCNC(c1ccc(C=C([Si](C)(C)C)[Si](C)(C)C)cc1)c1nnnn1C(C)(C)C. The predicted molar refractivity (Wildman–Crippen MR) is 139 cm³/mol. The highest BCUT2D eigenvalue weighted by atomic mass is 28.4. The number of rotatable bonds is 9. The second kappa shape index (κ2) is 9.92. The van der Waals surface area contributed by atoms with Crippen LogP contribution in [0.1, 0.15) is 63.5 Å². The summed E-state index contributed by atoms with van der Waals surface area (Å²) in [6.45, 7) is 24.3. The van der Waals surface area contributed by atoms with Gasteiger partial charge >= 0.3 is 0 Å². The first kappa shape index (κ1) is 25.7. The van der Waals surface area contributed by atoms with Gasteiger partial charge < -0.3 is 5.32 Å². The molecule has 2 aromatic rings. The molecule has 31 heavy (non-hydrogen) atoms. The minimum Gasteiger partial charge on any atom is -0.304 e. The maximum atomic E-state index is 4.41. The number of benzene rings is 1. The van der Waals surface area contributed by atoms with Crippen LogP contribution in [-0.2, 0) is 5.54 Å². The molecule has 1 aromatic carbocycles. The third kappa shape index (κ3) is 6.95. The fourth-order valence-electron chi connectivity index (χ4n) is 4.14. The normalized spacial score (nSPS) is 13.9. The van der Waals surface area contributed by atoms with Crippen LogP contribution in [-0.4, -0.2) is 42.9 Å². The van der Waals surface area contributed by atoms with E-state index in [1.54, 1.807) is 4.82 Å². The lowest BCUT2D eigenvalue weighted by Gasteiger charge is -2.31. The van der Waals surface area contributed by atoms with E-state index in [0.29, 0.717) is 0 Å². The molecule has 0 radical (unpaired) electrons. The standard InChI is InChI=1S/C24H43N5Si2/c1-11-12-17-25-22(23-26-27-28-29(23)24(2,3)4)20-15-13-19(14-16-20)18-21(30(5,6)7)31(8,9)10/h13-16,18,22,25H,11-12,17H2,1-10H3. The quantitative estimate of drug-likeness (QED) is 0.368. The number of tetrazole rings is 1. The molecule has 0 saturated carbocycles. The van der Waals surface area contributed by atoms with Crippen molar-refractivity contribution in [3.63, 3.8) is 0 Å². The molecule has 5 nitrogen and oxygen atoms in total. The van der Waals surface area contributed by atoms with Crippen molar-refractivity contribution in [3.8, 4) is 0 Å². The summed E-state index contributed by atoms with van der Waals surface area (Å²) in [5.41, 5.74) is 2.33. The summed E-state index contributed by atoms with van der Waals surface area (Å²) < 4.78 is 1.94. The minimum absolute atomic E-state index is 0.0211. The monoisotopic (exact) mass is 457 g/mol. The van der Waals surface area contributed by atoms with Gasteiger partial charge in [-0.25, -0.2) is 4.68 Å². The summed E-state index contributed by atoms with van der Waals surface area (Å²) in [6, 6.07) is 8.98. The second-order valence-corrected chi connectivity index (χ2v) is 22.2. The van der Waals surface area contributed by atoms with E-state index in [1.165, 1.54) is 11.1 Å². The van der Waals surface area contributed by atoms with E-state index in [-0.39, 0.29) is 11.6 Å². The molecule has 1 atom stereocenters. The minimum atomic E-state index is -1.35. The Morgan fingerprint density at radius 2 is 1.61 bits per heavy atom. The first-order valence-electron chi connectivity index (χ1n) is 11.6. The van der Waals surface area contributed by atoms with Crippen LogP contribution in [0.5, 0.6) is 0 Å². The molecule has 1 heterocycles. The van der Waals surface area contributed by atoms with Crippen molar-refractivity contribution in [2.45, 2.75) is 91.4 Å². The first-order chi connectivity index (χ1) is 14.2. The van der Waals surface area contributed by atoms with Crippen molar-refractivity contribution >= 4 is 22.2 Å². The summed E-state index contributed by atoms with van der Waals surface area (Å²) in [6.07, 6.45) is 4.76. The zero-order valence-electron chi connectivity index (χ0n) is 21.4. The smallest absolute Gasteiger partial charge is 0.173 e. The van der Waals surface area contributed by atoms with Crippen LogP contribution < -0.4 is 5.32 Å². The molecule has 0 fully saturated rings. The van der Waals surface area contributed by atoms with Gasteiger partial charge in [0.1, 0.15) is 0 Å². The van der Waals surface area contributed by atoms with E-state index in [1.807, 2.05) is 4.68 Å². The highest BCUT2D eigenvalue weighted by molar-refractivity contribution is 7.05. The largest absolute Gasteiger partial charge is 0.304 e. The number of hydrogen-bond acceptors (Lipinski definition) is 4. The van der Waals surface area contributed by atoms with E-state index in [0.717, 1.165) is 25.2 Å². The van der Waals surface area contributed by atoms with Gasteiger partial charge in [0.15, 0.2) is 5.82 Å². The fourth-order valence-corrected chi connectivity index (χ4v) is 14.3. The number of unbranched alkanes of at least 4 members (excludes halogenated alkanes) is 1. The topological polar surface area (TPSA) is 55.6 Å². The van der Waals surface area contributed by atoms with Gasteiger partial charge in [-0.05, 0) is 55.3 Å². The van der Waals surface area contributed by atoms with Gasteiger partial charge in [0, 0.05) is 0 Å². The molecule has 2 rings (SSSR count). The maximum absolute atomic E-state index is 4.41. The molecular weight excluding hydrogens is 414 g/mol. The molecule has 172 valence electrons. The Morgan fingerprint density at radius 3 is 2.10 bits per heavy atom. The lowest BCUT2D eigenvalue weighted by Crippen LogP contribution is -2.39. The summed E-state index contributed by atoms with van der Waals surface area (Å²) in [5.74, 6) is 0.872. The van der Waals surface area contributed by atoms with E-state index >= 15 is 0 Å². The molecular formula is C24H43N5Si2. The van der Waals surface area contributed by atoms with Crippen molar-refractivity contribution in [1.82, 2.24) is 25.5 Å². The summed E-state index contributed by atoms with van der Waals surface area (Å²) in [4.78, 5) is 1.72. The Labute approximate surface area is 191 Å². The van der Waals surface area contributed by atoms with E-state index < -0.39 is 16.1 Å². The first-order valence-corrected chi connectivity index (χ1v) is 18.6. The van der Waals surface area contributed by atoms with Gasteiger partial charge in [-0.3, -0.25) is 0 Å². The molecule has 0 aliphatic heterocycles. The van der Waals surface area contributed by atoms with Crippen LogP contribution in [0.2, 0.25) is 39.3 Å². The molecule has 1 aromatic heterocycles. The van der Waals surface area contributed by atoms with Gasteiger partial charge in [0.2, 0.25) is 0 Å².